The van der Waals surface area contributed by atoms with Crippen LogP contribution in [0.2, 0.25) is 5.02 Å². The molecule has 0 bridgehead atoms. The maximum Gasteiger partial charge on any atom is 0.182 e. The Balaban J connectivity index is 1.81. The summed E-state index contributed by atoms with van der Waals surface area (Å²) >= 11 is 7.43. The van der Waals surface area contributed by atoms with E-state index in [4.69, 9.17) is 17.3 Å². The summed E-state index contributed by atoms with van der Waals surface area (Å²) < 4.78 is 0. The van der Waals surface area contributed by atoms with Gasteiger partial charge in [0.15, 0.2) is 5.13 Å². The Kier molecular flexibility index (Phi) is 4.36. The fourth-order valence-corrected chi connectivity index (χ4v) is 2.29. The van der Waals surface area contributed by atoms with Gasteiger partial charge in [-0.25, -0.2) is 4.98 Å². The van der Waals surface area contributed by atoms with Crippen molar-refractivity contribution in [3.63, 3.8) is 0 Å². The van der Waals surface area contributed by atoms with Gasteiger partial charge < -0.3 is 11.1 Å². The minimum Gasteiger partial charge on any atom is -0.361 e. The summed E-state index contributed by atoms with van der Waals surface area (Å²) in [6, 6.07) is 7.90. The van der Waals surface area contributed by atoms with Crippen LogP contribution in [0.4, 0.5) is 5.13 Å². The average molecular weight is 268 g/mol. The Labute approximate surface area is 110 Å². The molecule has 0 saturated heterocycles. The second-order valence-electron chi connectivity index (χ2n) is 3.64. The van der Waals surface area contributed by atoms with E-state index in [0.29, 0.717) is 6.54 Å². The van der Waals surface area contributed by atoms with Gasteiger partial charge in [-0.1, -0.05) is 23.7 Å². The van der Waals surface area contributed by atoms with Crippen LogP contribution in [0, 0.1) is 0 Å². The number of rotatable bonds is 5. The summed E-state index contributed by atoms with van der Waals surface area (Å²) in [6.07, 6.45) is 2.77. The molecule has 0 saturated carbocycles. The van der Waals surface area contributed by atoms with Gasteiger partial charge in [0.05, 0.1) is 0 Å². The smallest absolute Gasteiger partial charge is 0.182 e. The van der Waals surface area contributed by atoms with Gasteiger partial charge in [0.2, 0.25) is 0 Å². The first-order valence-electron chi connectivity index (χ1n) is 5.41. The average Bonchev–Trinajstić information content (AvgIpc) is 2.80. The molecule has 0 fully saturated rings. The van der Waals surface area contributed by atoms with Crippen LogP contribution in [-0.4, -0.2) is 11.5 Å². The molecule has 0 radical (unpaired) electrons. The molecule has 0 atom stereocenters. The Bertz CT molecular complexity index is 467. The number of nitrogens with one attached hydrogen (secondary N) is 1. The van der Waals surface area contributed by atoms with E-state index >= 15 is 0 Å². The fraction of sp³-hybridized carbons (Fsp3) is 0.250. The van der Waals surface area contributed by atoms with Gasteiger partial charge in [0.25, 0.3) is 0 Å². The SMILES string of the molecule is NCc1cnc(NCCc2ccc(Cl)cc2)s1. The highest BCUT2D eigenvalue weighted by molar-refractivity contribution is 7.15. The van der Waals surface area contributed by atoms with E-state index in [1.54, 1.807) is 11.3 Å². The van der Waals surface area contributed by atoms with Gasteiger partial charge in [-0.15, -0.1) is 11.3 Å². The highest BCUT2D eigenvalue weighted by Gasteiger charge is 1.99. The quantitative estimate of drug-likeness (QED) is 0.876. The zero-order chi connectivity index (χ0) is 12.1. The van der Waals surface area contributed by atoms with E-state index < -0.39 is 0 Å². The lowest BCUT2D eigenvalue weighted by Crippen LogP contribution is -2.04. The highest BCUT2D eigenvalue weighted by Crippen LogP contribution is 2.17. The van der Waals surface area contributed by atoms with E-state index in [9.17, 15) is 0 Å². The summed E-state index contributed by atoms with van der Waals surface area (Å²) in [6.45, 7) is 1.41. The molecule has 5 heteroatoms. The maximum absolute atomic E-state index is 5.82. The number of benzene rings is 1. The number of nitrogens with zero attached hydrogens (tertiary/aromatic N) is 1. The van der Waals surface area contributed by atoms with E-state index in [1.807, 2.05) is 30.5 Å². The lowest BCUT2D eigenvalue weighted by Gasteiger charge is -2.02. The van der Waals surface area contributed by atoms with Gasteiger partial charge >= 0.3 is 0 Å². The standard InChI is InChI=1S/C12H14ClN3S/c13-10-3-1-9(2-4-10)5-6-15-12-16-8-11(7-14)17-12/h1-4,8H,5-7,14H2,(H,15,16). The monoisotopic (exact) mass is 267 g/mol. The molecule has 17 heavy (non-hydrogen) atoms. The van der Waals surface area contributed by atoms with Gasteiger partial charge in [-0.3, -0.25) is 0 Å². The van der Waals surface area contributed by atoms with Crippen LogP contribution in [0.15, 0.2) is 30.5 Å². The molecule has 2 rings (SSSR count). The normalized spacial score (nSPS) is 10.5. The van der Waals surface area contributed by atoms with Gasteiger partial charge in [-0.2, -0.15) is 0 Å². The van der Waals surface area contributed by atoms with Gasteiger partial charge in [0.1, 0.15) is 0 Å². The van der Waals surface area contributed by atoms with Crippen molar-refractivity contribution < 1.29 is 0 Å². The van der Waals surface area contributed by atoms with Crippen molar-refractivity contribution in [3.05, 3.63) is 45.9 Å². The lowest BCUT2D eigenvalue weighted by atomic mass is 10.1. The Morgan fingerprint density at radius 3 is 2.71 bits per heavy atom. The van der Waals surface area contributed by atoms with Crippen LogP contribution >= 0.6 is 22.9 Å². The largest absolute Gasteiger partial charge is 0.361 e. The summed E-state index contributed by atoms with van der Waals surface area (Å²) in [4.78, 5) is 5.33. The van der Waals surface area contributed by atoms with Crippen LogP contribution in [0.25, 0.3) is 0 Å². The van der Waals surface area contributed by atoms with E-state index in [0.717, 1.165) is 28.0 Å². The van der Waals surface area contributed by atoms with Crippen molar-refractivity contribution in [2.45, 2.75) is 13.0 Å². The lowest BCUT2D eigenvalue weighted by molar-refractivity contribution is 1.01. The summed E-state index contributed by atoms with van der Waals surface area (Å²) in [5.41, 5.74) is 6.79. The van der Waals surface area contributed by atoms with Crippen LogP contribution < -0.4 is 11.1 Å². The fourth-order valence-electron chi connectivity index (χ4n) is 1.45. The van der Waals surface area contributed by atoms with Crippen molar-refractivity contribution in [2.75, 3.05) is 11.9 Å². The molecule has 1 aromatic carbocycles. The number of nitrogens with two attached hydrogens (primary N) is 1. The van der Waals surface area contributed by atoms with Crippen molar-refractivity contribution >= 4 is 28.1 Å². The molecule has 3 N–H and O–H groups in total. The predicted octanol–water partition coefficient (Wildman–Crippen LogP) is 2.91. The number of hydrogen-bond donors (Lipinski definition) is 2. The summed E-state index contributed by atoms with van der Waals surface area (Å²) in [7, 11) is 0. The minimum absolute atomic E-state index is 0.552. The van der Waals surface area contributed by atoms with Crippen molar-refractivity contribution in [3.8, 4) is 0 Å². The third-order valence-corrected chi connectivity index (χ3v) is 3.59. The minimum atomic E-state index is 0.552. The molecule has 3 nitrogen and oxygen atoms in total. The highest BCUT2D eigenvalue weighted by atomic mass is 35.5. The molecule has 1 heterocycles. The number of thiazole rings is 1. The Hall–Kier alpha value is -1.10. The first-order chi connectivity index (χ1) is 8.28. The second kappa shape index (κ2) is 6.00. The van der Waals surface area contributed by atoms with Crippen LogP contribution in [-0.2, 0) is 13.0 Å². The predicted molar refractivity (Wildman–Crippen MR) is 73.7 cm³/mol. The summed E-state index contributed by atoms with van der Waals surface area (Å²) in [5.74, 6) is 0. The molecule has 0 aliphatic rings. The Morgan fingerprint density at radius 2 is 2.06 bits per heavy atom. The van der Waals surface area contributed by atoms with Crippen molar-refractivity contribution in [1.82, 2.24) is 4.98 Å². The van der Waals surface area contributed by atoms with E-state index in [-0.39, 0.29) is 0 Å². The number of aromatic nitrogens is 1. The zero-order valence-electron chi connectivity index (χ0n) is 9.32. The third kappa shape index (κ3) is 3.70. The maximum atomic E-state index is 5.82. The topological polar surface area (TPSA) is 50.9 Å². The molecule has 0 aliphatic carbocycles. The zero-order valence-corrected chi connectivity index (χ0v) is 10.9. The van der Waals surface area contributed by atoms with E-state index in [2.05, 4.69) is 10.3 Å². The third-order valence-electron chi connectivity index (χ3n) is 2.36. The van der Waals surface area contributed by atoms with Gasteiger partial charge in [-0.05, 0) is 24.1 Å². The molecule has 90 valence electrons. The number of halogens is 1. The summed E-state index contributed by atoms with van der Waals surface area (Å²) in [5, 5.41) is 4.98. The number of anilines is 1. The molecule has 2 aromatic rings. The number of hydrogen-bond acceptors (Lipinski definition) is 4. The van der Waals surface area contributed by atoms with Gasteiger partial charge in [0, 0.05) is 29.2 Å². The molecule has 0 aliphatic heterocycles. The van der Waals surface area contributed by atoms with Crippen LogP contribution in [0.3, 0.4) is 0 Å². The van der Waals surface area contributed by atoms with Crippen molar-refractivity contribution in [2.24, 2.45) is 5.73 Å². The van der Waals surface area contributed by atoms with Crippen molar-refractivity contribution in [1.29, 1.82) is 0 Å². The van der Waals surface area contributed by atoms with Crippen LogP contribution in [0.5, 0.6) is 0 Å². The molecule has 0 spiro atoms. The first-order valence-corrected chi connectivity index (χ1v) is 6.60. The second-order valence-corrected chi connectivity index (χ2v) is 5.19. The molecule has 0 amide bonds. The Morgan fingerprint density at radius 1 is 1.29 bits per heavy atom. The van der Waals surface area contributed by atoms with Crippen LogP contribution in [0.1, 0.15) is 10.4 Å². The van der Waals surface area contributed by atoms with E-state index in [1.165, 1.54) is 5.56 Å². The molecule has 1 aromatic heterocycles. The molecular weight excluding hydrogens is 254 g/mol. The first kappa shape index (κ1) is 12.4. The molecule has 0 unspecified atom stereocenters. The molecular formula is C12H14ClN3S.